The molecule has 0 bridgehead atoms. The molecule has 8 heteroatoms. The second-order valence-corrected chi connectivity index (χ2v) is 5.23. The molecule has 0 heterocycles. The summed E-state index contributed by atoms with van der Waals surface area (Å²) >= 11 is 5.85. The van der Waals surface area contributed by atoms with Crippen LogP contribution in [0.2, 0.25) is 5.02 Å². The summed E-state index contributed by atoms with van der Waals surface area (Å²) in [6, 6.07) is 7.99. The third-order valence-electron chi connectivity index (χ3n) is 3.16. The Morgan fingerprint density at radius 2 is 1.80 bits per heavy atom. The average Bonchev–Trinajstić information content (AvgIpc) is 2.62. The molecule has 0 aliphatic heterocycles. The minimum absolute atomic E-state index is 0.0915. The van der Waals surface area contributed by atoms with Crippen LogP contribution < -0.4 is 14.8 Å². The molecule has 0 saturated heterocycles. The first-order chi connectivity index (χ1) is 11.9. The first-order valence-electron chi connectivity index (χ1n) is 7.08. The van der Waals surface area contributed by atoms with Gasteiger partial charge in [0.25, 0.3) is 5.91 Å². The van der Waals surface area contributed by atoms with Crippen LogP contribution in [-0.4, -0.2) is 32.7 Å². The van der Waals surface area contributed by atoms with Crippen LogP contribution in [0.5, 0.6) is 11.5 Å². The molecule has 1 N–H and O–H groups in total. The fourth-order valence-electron chi connectivity index (χ4n) is 1.96. The standard InChI is InChI=1S/C17H15ClFNO5/c1-23-14-6-3-10(7-15(14)24-2)17(22)25-9-16(21)20-13-8-11(19)4-5-12(13)18/h3-8H,9H2,1-2H3,(H,20,21). The molecule has 0 atom stereocenters. The number of benzene rings is 2. The van der Waals surface area contributed by atoms with Crippen LogP contribution >= 0.6 is 11.6 Å². The number of amides is 1. The van der Waals surface area contributed by atoms with Crippen LogP contribution in [0.4, 0.5) is 10.1 Å². The lowest BCUT2D eigenvalue weighted by molar-refractivity contribution is -0.119. The molecule has 2 aromatic carbocycles. The Hall–Kier alpha value is -2.80. The van der Waals surface area contributed by atoms with E-state index < -0.39 is 24.3 Å². The van der Waals surface area contributed by atoms with E-state index in [4.69, 9.17) is 25.8 Å². The van der Waals surface area contributed by atoms with E-state index in [2.05, 4.69) is 5.32 Å². The van der Waals surface area contributed by atoms with Gasteiger partial charge in [-0.3, -0.25) is 4.79 Å². The van der Waals surface area contributed by atoms with Crippen molar-refractivity contribution in [2.24, 2.45) is 0 Å². The number of halogens is 2. The molecule has 0 aliphatic carbocycles. The van der Waals surface area contributed by atoms with Gasteiger partial charge in [-0.05, 0) is 36.4 Å². The number of carbonyl (C=O) groups is 2. The van der Waals surface area contributed by atoms with Crippen molar-refractivity contribution in [1.82, 2.24) is 0 Å². The second kappa shape index (κ2) is 8.34. The molecule has 25 heavy (non-hydrogen) atoms. The molecule has 132 valence electrons. The lowest BCUT2D eigenvalue weighted by atomic mass is 10.2. The van der Waals surface area contributed by atoms with Crippen molar-refractivity contribution in [2.45, 2.75) is 0 Å². The van der Waals surface area contributed by atoms with Crippen LogP contribution in [-0.2, 0) is 9.53 Å². The predicted molar refractivity (Wildman–Crippen MR) is 89.9 cm³/mol. The maximum atomic E-state index is 13.1. The number of rotatable bonds is 6. The summed E-state index contributed by atoms with van der Waals surface area (Å²) in [6.45, 7) is -0.556. The van der Waals surface area contributed by atoms with E-state index in [0.717, 1.165) is 12.1 Å². The third-order valence-corrected chi connectivity index (χ3v) is 3.49. The molecular weight excluding hydrogens is 353 g/mol. The molecule has 6 nitrogen and oxygen atoms in total. The van der Waals surface area contributed by atoms with Crippen molar-refractivity contribution in [1.29, 1.82) is 0 Å². The highest BCUT2D eigenvalue weighted by molar-refractivity contribution is 6.33. The van der Waals surface area contributed by atoms with Crippen molar-refractivity contribution in [3.05, 3.63) is 52.8 Å². The van der Waals surface area contributed by atoms with Crippen LogP contribution in [0.1, 0.15) is 10.4 Å². The summed E-state index contributed by atoms with van der Waals surface area (Å²) in [6.07, 6.45) is 0. The van der Waals surface area contributed by atoms with Gasteiger partial charge in [-0.15, -0.1) is 0 Å². The fourth-order valence-corrected chi connectivity index (χ4v) is 2.12. The summed E-state index contributed by atoms with van der Waals surface area (Å²) in [4.78, 5) is 23.8. The summed E-state index contributed by atoms with van der Waals surface area (Å²) < 4.78 is 28.2. The quantitative estimate of drug-likeness (QED) is 0.793. The lowest BCUT2D eigenvalue weighted by Crippen LogP contribution is -2.21. The van der Waals surface area contributed by atoms with Crippen molar-refractivity contribution in [3.63, 3.8) is 0 Å². The van der Waals surface area contributed by atoms with Gasteiger partial charge in [0.1, 0.15) is 5.82 Å². The summed E-state index contributed by atoms with van der Waals surface area (Å²) in [5.74, 6) is -1.12. The zero-order valence-electron chi connectivity index (χ0n) is 13.5. The zero-order chi connectivity index (χ0) is 18.4. The topological polar surface area (TPSA) is 73.9 Å². The zero-order valence-corrected chi connectivity index (χ0v) is 14.2. The van der Waals surface area contributed by atoms with Gasteiger partial charge in [0.2, 0.25) is 0 Å². The van der Waals surface area contributed by atoms with Gasteiger partial charge in [0, 0.05) is 0 Å². The number of methoxy groups -OCH3 is 2. The first-order valence-corrected chi connectivity index (χ1v) is 7.46. The second-order valence-electron chi connectivity index (χ2n) is 4.82. The maximum absolute atomic E-state index is 13.1. The van der Waals surface area contributed by atoms with E-state index in [0.29, 0.717) is 11.5 Å². The van der Waals surface area contributed by atoms with Gasteiger partial charge < -0.3 is 19.5 Å². The van der Waals surface area contributed by atoms with E-state index in [1.54, 1.807) is 6.07 Å². The molecule has 0 aliphatic rings. The number of esters is 1. The Morgan fingerprint density at radius 3 is 2.48 bits per heavy atom. The number of hydrogen-bond donors (Lipinski definition) is 1. The summed E-state index contributed by atoms with van der Waals surface area (Å²) in [7, 11) is 2.90. The van der Waals surface area contributed by atoms with Gasteiger partial charge in [0.05, 0.1) is 30.5 Å². The minimum Gasteiger partial charge on any atom is -0.493 e. The van der Waals surface area contributed by atoms with Crippen molar-refractivity contribution in [2.75, 3.05) is 26.1 Å². The molecule has 2 rings (SSSR count). The Labute approximate surface area is 148 Å². The number of carbonyl (C=O) groups excluding carboxylic acids is 2. The molecule has 0 aromatic heterocycles. The summed E-state index contributed by atoms with van der Waals surface area (Å²) in [5.41, 5.74) is 0.281. The van der Waals surface area contributed by atoms with Gasteiger partial charge >= 0.3 is 5.97 Å². The van der Waals surface area contributed by atoms with Gasteiger partial charge in [-0.2, -0.15) is 0 Å². The molecule has 0 spiro atoms. The number of hydrogen-bond acceptors (Lipinski definition) is 5. The third kappa shape index (κ3) is 4.84. The van der Waals surface area contributed by atoms with E-state index >= 15 is 0 Å². The average molecular weight is 368 g/mol. The SMILES string of the molecule is COc1ccc(C(=O)OCC(=O)Nc2cc(F)ccc2Cl)cc1OC. The molecule has 0 radical (unpaired) electrons. The maximum Gasteiger partial charge on any atom is 0.338 e. The van der Waals surface area contributed by atoms with E-state index in [9.17, 15) is 14.0 Å². The van der Waals surface area contributed by atoms with Crippen molar-refractivity contribution < 1.29 is 28.2 Å². The van der Waals surface area contributed by atoms with Gasteiger partial charge in [0.15, 0.2) is 18.1 Å². The van der Waals surface area contributed by atoms with Crippen LogP contribution in [0.15, 0.2) is 36.4 Å². The highest BCUT2D eigenvalue weighted by Crippen LogP contribution is 2.27. The van der Waals surface area contributed by atoms with E-state index in [1.807, 2.05) is 0 Å². The van der Waals surface area contributed by atoms with Crippen LogP contribution in [0.3, 0.4) is 0 Å². The molecular formula is C17H15ClFNO5. The highest BCUT2D eigenvalue weighted by atomic mass is 35.5. The minimum atomic E-state index is -0.721. The van der Waals surface area contributed by atoms with E-state index in [-0.39, 0.29) is 16.3 Å². The normalized spacial score (nSPS) is 10.1. The number of nitrogens with one attached hydrogen (secondary N) is 1. The number of anilines is 1. The van der Waals surface area contributed by atoms with Gasteiger partial charge in [-0.25, -0.2) is 9.18 Å². The molecule has 0 saturated carbocycles. The van der Waals surface area contributed by atoms with Crippen molar-refractivity contribution in [3.8, 4) is 11.5 Å². The molecule has 2 aromatic rings. The largest absolute Gasteiger partial charge is 0.493 e. The lowest BCUT2D eigenvalue weighted by Gasteiger charge is -2.10. The molecule has 0 unspecified atom stereocenters. The smallest absolute Gasteiger partial charge is 0.338 e. The Kier molecular flexibility index (Phi) is 6.19. The number of ether oxygens (including phenoxy) is 3. The fraction of sp³-hybridized carbons (Fsp3) is 0.176. The Morgan fingerprint density at radius 1 is 1.08 bits per heavy atom. The Balaban J connectivity index is 1.97. The predicted octanol–water partition coefficient (Wildman–Crippen LogP) is 3.29. The van der Waals surface area contributed by atoms with Crippen molar-refractivity contribution >= 4 is 29.2 Å². The highest BCUT2D eigenvalue weighted by Gasteiger charge is 2.14. The van der Waals surface area contributed by atoms with E-state index in [1.165, 1.54) is 32.4 Å². The van der Waals surface area contributed by atoms with Crippen LogP contribution in [0, 0.1) is 5.82 Å². The van der Waals surface area contributed by atoms with Gasteiger partial charge in [-0.1, -0.05) is 11.6 Å². The van der Waals surface area contributed by atoms with Crippen LogP contribution in [0.25, 0.3) is 0 Å². The first kappa shape index (κ1) is 18.5. The summed E-state index contributed by atoms with van der Waals surface area (Å²) in [5, 5.41) is 2.53. The molecule has 0 fully saturated rings. The monoisotopic (exact) mass is 367 g/mol. The molecule has 1 amide bonds. The Bertz CT molecular complexity index is 797.